The molecule has 0 unspecified atom stereocenters. The van der Waals surface area contributed by atoms with E-state index in [0.29, 0.717) is 6.42 Å². The van der Waals surface area contributed by atoms with Crippen molar-refractivity contribution in [3.05, 3.63) is 64.7 Å². The fraction of sp³-hybridized carbons (Fsp3) is 0.435. The van der Waals surface area contributed by atoms with E-state index in [9.17, 15) is 4.79 Å². The van der Waals surface area contributed by atoms with Crippen LogP contribution in [0, 0.1) is 20.8 Å². The SMILES string of the molecule is CC.CC.CC.Cc1ccc(CC(=O)Nc2cc(C)cc(C)c2)cc1. The Morgan fingerprint density at radius 3 is 1.60 bits per heavy atom. The van der Waals surface area contributed by atoms with Crippen molar-refractivity contribution in [1.82, 2.24) is 0 Å². The molecule has 0 aliphatic carbocycles. The van der Waals surface area contributed by atoms with Crippen LogP contribution in [0.3, 0.4) is 0 Å². The molecule has 0 saturated heterocycles. The van der Waals surface area contributed by atoms with Crippen LogP contribution < -0.4 is 5.32 Å². The second kappa shape index (κ2) is 15.4. The van der Waals surface area contributed by atoms with Crippen LogP contribution >= 0.6 is 0 Å². The summed E-state index contributed by atoms with van der Waals surface area (Å²) in [5.74, 6) is 0.0221. The Hall–Kier alpha value is -2.09. The highest BCUT2D eigenvalue weighted by Crippen LogP contribution is 2.14. The summed E-state index contributed by atoms with van der Waals surface area (Å²) in [4.78, 5) is 12.0. The van der Waals surface area contributed by atoms with Crippen molar-refractivity contribution in [1.29, 1.82) is 0 Å². The predicted molar refractivity (Wildman–Crippen MR) is 113 cm³/mol. The highest BCUT2D eigenvalue weighted by molar-refractivity contribution is 5.92. The summed E-state index contributed by atoms with van der Waals surface area (Å²) in [6, 6.07) is 14.1. The van der Waals surface area contributed by atoms with Crippen molar-refractivity contribution in [3.8, 4) is 0 Å². The van der Waals surface area contributed by atoms with E-state index in [2.05, 4.69) is 11.4 Å². The van der Waals surface area contributed by atoms with Crippen molar-refractivity contribution in [2.45, 2.75) is 68.7 Å². The maximum Gasteiger partial charge on any atom is 0.228 e. The zero-order valence-corrected chi connectivity index (χ0v) is 17.7. The Kier molecular flexibility index (Phi) is 15.5. The maximum atomic E-state index is 12.0. The lowest BCUT2D eigenvalue weighted by Gasteiger charge is -2.08. The Labute approximate surface area is 155 Å². The second-order valence-corrected chi connectivity index (χ2v) is 5.09. The minimum Gasteiger partial charge on any atom is -0.326 e. The van der Waals surface area contributed by atoms with Crippen molar-refractivity contribution < 1.29 is 4.79 Å². The van der Waals surface area contributed by atoms with E-state index >= 15 is 0 Å². The van der Waals surface area contributed by atoms with Gasteiger partial charge in [0.25, 0.3) is 0 Å². The van der Waals surface area contributed by atoms with Gasteiger partial charge in [-0.25, -0.2) is 0 Å². The van der Waals surface area contributed by atoms with Crippen molar-refractivity contribution >= 4 is 11.6 Å². The minimum absolute atomic E-state index is 0.0221. The van der Waals surface area contributed by atoms with Crippen LogP contribution in [0.25, 0.3) is 0 Å². The lowest BCUT2D eigenvalue weighted by atomic mass is 10.1. The predicted octanol–water partition coefficient (Wildman–Crippen LogP) is 6.87. The van der Waals surface area contributed by atoms with Gasteiger partial charge in [0, 0.05) is 5.69 Å². The van der Waals surface area contributed by atoms with Crippen LogP contribution in [0.15, 0.2) is 42.5 Å². The number of nitrogens with one attached hydrogen (secondary N) is 1. The van der Waals surface area contributed by atoms with Gasteiger partial charge >= 0.3 is 0 Å². The maximum absolute atomic E-state index is 12.0. The fourth-order valence-electron chi connectivity index (χ4n) is 2.14. The number of hydrogen-bond acceptors (Lipinski definition) is 1. The van der Waals surface area contributed by atoms with Gasteiger partial charge in [-0.05, 0) is 49.6 Å². The van der Waals surface area contributed by atoms with Crippen LogP contribution in [0.1, 0.15) is 63.8 Å². The molecule has 2 aromatic carbocycles. The number of amides is 1. The molecule has 0 fully saturated rings. The molecule has 140 valence electrons. The van der Waals surface area contributed by atoms with Gasteiger partial charge in [0.15, 0.2) is 0 Å². The molecule has 0 radical (unpaired) electrons. The molecule has 0 spiro atoms. The van der Waals surface area contributed by atoms with E-state index in [1.165, 1.54) is 5.56 Å². The first-order valence-electron chi connectivity index (χ1n) is 9.46. The molecule has 2 nitrogen and oxygen atoms in total. The number of carbonyl (C=O) groups is 1. The fourth-order valence-corrected chi connectivity index (χ4v) is 2.14. The van der Waals surface area contributed by atoms with Crippen LogP contribution in [0.2, 0.25) is 0 Å². The molecule has 0 aliphatic heterocycles. The van der Waals surface area contributed by atoms with Gasteiger partial charge in [-0.2, -0.15) is 0 Å². The Bertz CT molecular complexity index is 565. The van der Waals surface area contributed by atoms with E-state index in [4.69, 9.17) is 0 Å². The third-order valence-electron chi connectivity index (χ3n) is 2.99. The smallest absolute Gasteiger partial charge is 0.228 e. The summed E-state index contributed by atoms with van der Waals surface area (Å²) >= 11 is 0. The molecule has 2 heteroatoms. The molecule has 1 amide bonds. The van der Waals surface area contributed by atoms with Crippen LogP contribution in [-0.4, -0.2) is 5.91 Å². The van der Waals surface area contributed by atoms with Crippen LogP contribution in [-0.2, 0) is 11.2 Å². The van der Waals surface area contributed by atoms with E-state index in [1.54, 1.807) is 0 Å². The van der Waals surface area contributed by atoms with Crippen molar-refractivity contribution in [2.24, 2.45) is 0 Å². The Morgan fingerprint density at radius 2 is 1.16 bits per heavy atom. The van der Waals surface area contributed by atoms with Gasteiger partial charge in [0.05, 0.1) is 6.42 Å². The summed E-state index contributed by atoms with van der Waals surface area (Å²) in [5.41, 5.74) is 5.43. The van der Waals surface area contributed by atoms with E-state index in [0.717, 1.165) is 22.4 Å². The van der Waals surface area contributed by atoms with Crippen LogP contribution in [0.4, 0.5) is 5.69 Å². The molecule has 0 saturated carbocycles. The largest absolute Gasteiger partial charge is 0.326 e. The number of aryl methyl sites for hydroxylation is 3. The molecule has 25 heavy (non-hydrogen) atoms. The van der Waals surface area contributed by atoms with Gasteiger partial charge in [-0.3, -0.25) is 4.79 Å². The highest BCUT2D eigenvalue weighted by atomic mass is 16.1. The standard InChI is InChI=1S/C17H19NO.3C2H6/c1-12-4-6-15(7-5-12)11-17(19)18-16-9-13(2)8-14(3)10-16;3*1-2/h4-10H,11H2,1-3H3,(H,18,19);3*1-2H3. The monoisotopic (exact) mass is 343 g/mol. The summed E-state index contributed by atoms with van der Waals surface area (Å²) in [7, 11) is 0. The molecule has 0 atom stereocenters. The average molecular weight is 344 g/mol. The molecular weight excluding hydrogens is 306 g/mol. The molecule has 0 aliphatic rings. The van der Waals surface area contributed by atoms with E-state index < -0.39 is 0 Å². The number of rotatable bonds is 3. The average Bonchev–Trinajstić information content (AvgIpc) is 2.61. The lowest BCUT2D eigenvalue weighted by Crippen LogP contribution is -2.14. The summed E-state index contributed by atoms with van der Waals surface area (Å²) in [6.07, 6.45) is 0.410. The quantitative estimate of drug-likeness (QED) is 0.647. The summed E-state index contributed by atoms with van der Waals surface area (Å²) in [6.45, 7) is 18.1. The lowest BCUT2D eigenvalue weighted by molar-refractivity contribution is -0.115. The Balaban J connectivity index is 0. The Morgan fingerprint density at radius 1 is 0.720 bits per heavy atom. The van der Waals surface area contributed by atoms with Crippen molar-refractivity contribution in [3.63, 3.8) is 0 Å². The minimum atomic E-state index is 0.0221. The molecule has 2 aromatic rings. The first-order valence-corrected chi connectivity index (χ1v) is 9.46. The highest BCUT2D eigenvalue weighted by Gasteiger charge is 2.04. The molecule has 0 bridgehead atoms. The van der Waals surface area contributed by atoms with Gasteiger partial charge in [-0.15, -0.1) is 0 Å². The molecule has 0 aromatic heterocycles. The first-order chi connectivity index (χ1) is 12.0. The summed E-state index contributed by atoms with van der Waals surface area (Å²) < 4.78 is 0. The first kappa shape index (κ1) is 25.2. The second-order valence-electron chi connectivity index (χ2n) is 5.09. The molecular formula is C23H37NO. The number of benzene rings is 2. The molecule has 0 heterocycles. The third-order valence-corrected chi connectivity index (χ3v) is 2.99. The van der Waals surface area contributed by atoms with E-state index in [1.807, 2.05) is 98.7 Å². The van der Waals surface area contributed by atoms with Crippen LogP contribution in [0.5, 0.6) is 0 Å². The zero-order chi connectivity index (χ0) is 19.8. The van der Waals surface area contributed by atoms with Gasteiger partial charge < -0.3 is 5.32 Å². The normalized spacial score (nSPS) is 8.52. The van der Waals surface area contributed by atoms with E-state index in [-0.39, 0.29) is 5.91 Å². The molecule has 1 N–H and O–H groups in total. The number of anilines is 1. The van der Waals surface area contributed by atoms with Crippen molar-refractivity contribution in [2.75, 3.05) is 5.32 Å². The number of carbonyl (C=O) groups excluding carboxylic acids is 1. The third kappa shape index (κ3) is 11.1. The van der Waals surface area contributed by atoms with Gasteiger partial charge in [0.2, 0.25) is 5.91 Å². The number of hydrogen-bond donors (Lipinski definition) is 1. The molecule has 2 rings (SSSR count). The topological polar surface area (TPSA) is 29.1 Å². The van der Waals surface area contributed by atoms with Gasteiger partial charge in [-0.1, -0.05) is 77.4 Å². The zero-order valence-electron chi connectivity index (χ0n) is 17.7. The summed E-state index contributed by atoms with van der Waals surface area (Å²) in [5, 5.41) is 2.95. The van der Waals surface area contributed by atoms with Gasteiger partial charge in [0.1, 0.15) is 0 Å².